The Morgan fingerprint density at radius 1 is 1.53 bits per heavy atom. The van der Waals surface area contributed by atoms with Gasteiger partial charge >= 0.3 is 0 Å². The van der Waals surface area contributed by atoms with Gasteiger partial charge in [0.2, 0.25) is 5.91 Å². The van der Waals surface area contributed by atoms with E-state index in [0.717, 1.165) is 0 Å². The molecule has 1 amide bonds. The molecule has 0 fully saturated rings. The van der Waals surface area contributed by atoms with E-state index in [2.05, 4.69) is 5.32 Å². The van der Waals surface area contributed by atoms with Crippen LogP contribution in [0.2, 0.25) is 0 Å². The first kappa shape index (κ1) is 14.8. The zero-order valence-electron chi connectivity index (χ0n) is 10.9. The van der Waals surface area contributed by atoms with Crippen molar-refractivity contribution in [3.05, 3.63) is 46.0 Å². The quantitative estimate of drug-likeness (QED) is 0.477. The topological polar surface area (TPSA) is 98.3 Å². The average Bonchev–Trinajstić information content (AvgIpc) is 2.36. The first-order valence-electron chi connectivity index (χ1n) is 5.79. The molecule has 0 aliphatic carbocycles. The predicted octanol–water partition coefficient (Wildman–Crippen LogP) is 1.46. The number of nitrogens with two attached hydrogens (primary N) is 1. The summed E-state index contributed by atoms with van der Waals surface area (Å²) in [6.45, 7) is 3.95. The van der Waals surface area contributed by atoms with Gasteiger partial charge < -0.3 is 11.1 Å². The monoisotopic (exact) mass is 263 g/mol. The van der Waals surface area contributed by atoms with Crippen LogP contribution in [0.4, 0.5) is 5.69 Å². The minimum atomic E-state index is -0.482. The molecule has 0 aromatic heterocycles. The summed E-state index contributed by atoms with van der Waals surface area (Å²) in [4.78, 5) is 21.8. The number of nitrogens with zero attached hydrogens (tertiary/aromatic N) is 1. The lowest BCUT2D eigenvalue weighted by molar-refractivity contribution is -0.384. The van der Waals surface area contributed by atoms with Crippen molar-refractivity contribution in [3.63, 3.8) is 0 Å². The minimum Gasteiger partial charge on any atom is -0.346 e. The lowest BCUT2D eigenvalue weighted by Gasteiger charge is -2.23. The molecule has 0 saturated heterocycles. The van der Waals surface area contributed by atoms with Crippen molar-refractivity contribution >= 4 is 17.7 Å². The Kier molecular flexibility index (Phi) is 4.77. The standard InChI is InChI=1S/C13H17N3O3/c1-13(2,9-14)15-12(17)7-6-10-4-3-5-11(8-10)16(18)19/h3-8H,9,14H2,1-2H3,(H,15,17). The number of nitro groups is 1. The Hall–Kier alpha value is -2.21. The van der Waals surface area contributed by atoms with Gasteiger partial charge in [0.25, 0.3) is 5.69 Å². The van der Waals surface area contributed by atoms with Crippen molar-refractivity contribution in [2.24, 2.45) is 5.73 Å². The maximum atomic E-state index is 11.6. The number of benzene rings is 1. The molecular formula is C13H17N3O3. The fourth-order valence-corrected chi connectivity index (χ4v) is 1.34. The molecule has 0 aliphatic rings. The van der Waals surface area contributed by atoms with Gasteiger partial charge in [0.15, 0.2) is 0 Å². The molecule has 0 saturated carbocycles. The molecule has 0 atom stereocenters. The zero-order valence-corrected chi connectivity index (χ0v) is 10.9. The van der Waals surface area contributed by atoms with E-state index in [4.69, 9.17) is 5.73 Å². The van der Waals surface area contributed by atoms with Crippen molar-refractivity contribution in [1.29, 1.82) is 0 Å². The maximum absolute atomic E-state index is 11.6. The van der Waals surface area contributed by atoms with E-state index in [-0.39, 0.29) is 11.6 Å². The van der Waals surface area contributed by atoms with Crippen molar-refractivity contribution in [2.75, 3.05) is 6.54 Å². The van der Waals surface area contributed by atoms with Crippen LogP contribution >= 0.6 is 0 Å². The number of hydrogen-bond donors (Lipinski definition) is 2. The number of hydrogen-bond acceptors (Lipinski definition) is 4. The van der Waals surface area contributed by atoms with Gasteiger partial charge in [-0.15, -0.1) is 0 Å². The first-order valence-corrected chi connectivity index (χ1v) is 5.79. The summed E-state index contributed by atoms with van der Waals surface area (Å²) in [6, 6.07) is 6.05. The van der Waals surface area contributed by atoms with Crippen LogP contribution in [0.1, 0.15) is 19.4 Å². The van der Waals surface area contributed by atoms with Gasteiger partial charge in [-0.25, -0.2) is 0 Å². The summed E-state index contributed by atoms with van der Waals surface area (Å²) in [6.07, 6.45) is 2.85. The second-order valence-electron chi connectivity index (χ2n) is 4.76. The highest BCUT2D eigenvalue weighted by Crippen LogP contribution is 2.14. The molecule has 0 spiro atoms. The van der Waals surface area contributed by atoms with Crippen molar-refractivity contribution < 1.29 is 9.72 Å². The Bertz CT molecular complexity index is 510. The lowest BCUT2D eigenvalue weighted by atomic mass is 10.1. The molecule has 6 heteroatoms. The van der Waals surface area contributed by atoms with Crippen LogP contribution < -0.4 is 11.1 Å². The normalized spacial score (nSPS) is 11.5. The van der Waals surface area contributed by atoms with Gasteiger partial charge in [0.1, 0.15) is 0 Å². The first-order chi connectivity index (χ1) is 8.84. The van der Waals surface area contributed by atoms with E-state index in [1.165, 1.54) is 24.3 Å². The molecule has 0 aliphatic heterocycles. The Balaban J connectivity index is 2.74. The Morgan fingerprint density at radius 3 is 2.79 bits per heavy atom. The van der Waals surface area contributed by atoms with Crippen LogP contribution in [0.15, 0.2) is 30.3 Å². The largest absolute Gasteiger partial charge is 0.346 e. The third-order valence-electron chi connectivity index (χ3n) is 2.48. The number of carbonyl (C=O) groups is 1. The van der Waals surface area contributed by atoms with Crippen LogP contribution in [0, 0.1) is 10.1 Å². The molecule has 0 heterocycles. The third-order valence-corrected chi connectivity index (χ3v) is 2.48. The molecule has 0 bridgehead atoms. The molecule has 102 valence electrons. The Morgan fingerprint density at radius 2 is 2.21 bits per heavy atom. The van der Waals surface area contributed by atoms with Crippen LogP contribution in [0.5, 0.6) is 0 Å². The van der Waals surface area contributed by atoms with Crippen LogP contribution in [0.3, 0.4) is 0 Å². The number of amides is 1. The van der Waals surface area contributed by atoms with Gasteiger partial charge in [0.05, 0.1) is 4.92 Å². The molecule has 3 N–H and O–H groups in total. The highest BCUT2D eigenvalue weighted by Gasteiger charge is 2.16. The summed E-state index contributed by atoms with van der Waals surface area (Å²) in [5.41, 5.74) is 5.60. The van der Waals surface area contributed by atoms with Gasteiger partial charge in [-0.05, 0) is 25.5 Å². The summed E-state index contributed by atoms with van der Waals surface area (Å²) in [5.74, 6) is -0.290. The zero-order chi connectivity index (χ0) is 14.5. The van der Waals surface area contributed by atoms with Crippen molar-refractivity contribution in [3.8, 4) is 0 Å². The average molecular weight is 263 g/mol. The van der Waals surface area contributed by atoms with Crippen molar-refractivity contribution in [1.82, 2.24) is 5.32 Å². The summed E-state index contributed by atoms with van der Waals surface area (Å²) in [7, 11) is 0. The molecule has 0 radical (unpaired) electrons. The molecule has 19 heavy (non-hydrogen) atoms. The van der Waals surface area contributed by atoms with Crippen LogP contribution in [-0.4, -0.2) is 22.9 Å². The van der Waals surface area contributed by atoms with E-state index < -0.39 is 10.5 Å². The smallest absolute Gasteiger partial charge is 0.270 e. The third kappa shape index (κ3) is 4.89. The summed E-state index contributed by atoms with van der Waals surface area (Å²) >= 11 is 0. The summed E-state index contributed by atoms with van der Waals surface area (Å²) in [5, 5.41) is 13.3. The fourth-order valence-electron chi connectivity index (χ4n) is 1.34. The van der Waals surface area contributed by atoms with Crippen molar-refractivity contribution in [2.45, 2.75) is 19.4 Å². The molecule has 1 aromatic carbocycles. The van der Waals surface area contributed by atoms with Gasteiger partial charge in [-0.1, -0.05) is 12.1 Å². The number of non-ortho nitro benzene ring substituents is 1. The SMILES string of the molecule is CC(C)(CN)NC(=O)C=Cc1cccc([N+](=O)[O-])c1. The minimum absolute atomic E-state index is 0.00940. The highest BCUT2D eigenvalue weighted by atomic mass is 16.6. The number of carbonyl (C=O) groups excluding carboxylic acids is 1. The van der Waals surface area contributed by atoms with E-state index in [1.807, 2.05) is 13.8 Å². The second-order valence-corrected chi connectivity index (χ2v) is 4.76. The number of nitrogens with one attached hydrogen (secondary N) is 1. The number of rotatable bonds is 5. The van der Waals surface area contributed by atoms with Gasteiger partial charge in [-0.2, -0.15) is 0 Å². The van der Waals surface area contributed by atoms with Crippen LogP contribution in [-0.2, 0) is 4.79 Å². The fraction of sp³-hybridized carbons (Fsp3) is 0.308. The van der Waals surface area contributed by atoms with E-state index in [0.29, 0.717) is 12.1 Å². The summed E-state index contributed by atoms with van der Waals surface area (Å²) < 4.78 is 0. The molecular weight excluding hydrogens is 246 g/mol. The highest BCUT2D eigenvalue weighted by molar-refractivity contribution is 5.92. The predicted molar refractivity (Wildman–Crippen MR) is 73.4 cm³/mol. The Labute approximate surface area is 111 Å². The van der Waals surface area contributed by atoms with E-state index in [9.17, 15) is 14.9 Å². The van der Waals surface area contributed by atoms with E-state index in [1.54, 1.807) is 12.1 Å². The van der Waals surface area contributed by atoms with Crippen LogP contribution in [0.25, 0.3) is 6.08 Å². The maximum Gasteiger partial charge on any atom is 0.270 e. The van der Waals surface area contributed by atoms with Gasteiger partial charge in [-0.3, -0.25) is 14.9 Å². The van der Waals surface area contributed by atoms with Gasteiger partial charge in [0, 0.05) is 30.3 Å². The molecule has 0 unspecified atom stereocenters. The lowest BCUT2D eigenvalue weighted by Crippen LogP contribution is -2.48. The molecule has 6 nitrogen and oxygen atoms in total. The molecule has 1 aromatic rings. The number of nitro benzene ring substituents is 1. The second kappa shape index (κ2) is 6.10. The van der Waals surface area contributed by atoms with E-state index >= 15 is 0 Å². The molecule has 1 rings (SSSR count).